The minimum Gasteiger partial charge on any atom is -0.481 e. The van der Waals surface area contributed by atoms with Crippen LogP contribution in [0.3, 0.4) is 0 Å². The molecule has 1 fully saturated rings. The van der Waals surface area contributed by atoms with E-state index >= 15 is 0 Å². The number of piperidine rings is 1. The summed E-state index contributed by atoms with van der Waals surface area (Å²) >= 11 is 0. The van der Waals surface area contributed by atoms with Gasteiger partial charge in [0.2, 0.25) is 0 Å². The molecule has 3 heteroatoms. The van der Waals surface area contributed by atoms with Gasteiger partial charge in [0.1, 0.15) is 0 Å². The smallest absolute Gasteiger partial charge is 0.307 e. The van der Waals surface area contributed by atoms with Crippen molar-refractivity contribution in [3.05, 3.63) is 29.3 Å². The normalized spacial score (nSPS) is 15.9. The first-order chi connectivity index (χ1) is 8.16. The Morgan fingerprint density at radius 3 is 2.59 bits per heavy atom. The van der Waals surface area contributed by atoms with Crippen molar-refractivity contribution in [2.24, 2.45) is 0 Å². The Hall–Kier alpha value is -1.51. The Morgan fingerprint density at radius 2 is 2.00 bits per heavy atom. The maximum atomic E-state index is 10.7. The van der Waals surface area contributed by atoms with Gasteiger partial charge in [-0.05, 0) is 49.4 Å². The van der Waals surface area contributed by atoms with Crippen LogP contribution in [0.15, 0.2) is 18.2 Å². The molecule has 0 amide bonds. The third-order valence-corrected chi connectivity index (χ3v) is 3.39. The molecule has 0 aromatic heterocycles. The molecule has 0 bridgehead atoms. The van der Waals surface area contributed by atoms with E-state index in [0.717, 1.165) is 24.2 Å². The lowest BCUT2D eigenvalue weighted by atomic mass is 10.0. The summed E-state index contributed by atoms with van der Waals surface area (Å²) in [5.41, 5.74) is 3.23. The highest BCUT2D eigenvalue weighted by Gasteiger charge is 2.12. The summed E-state index contributed by atoms with van der Waals surface area (Å²) < 4.78 is 0. The van der Waals surface area contributed by atoms with Crippen molar-refractivity contribution in [1.82, 2.24) is 0 Å². The fraction of sp³-hybridized carbons (Fsp3) is 0.500. The molecule has 2 rings (SSSR count). The molecule has 1 aliphatic rings. The maximum Gasteiger partial charge on any atom is 0.307 e. The third-order valence-electron chi connectivity index (χ3n) is 3.39. The van der Waals surface area contributed by atoms with E-state index in [4.69, 9.17) is 5.11 Å². The molecule has 1 saturated heterocycles. The van der Waals surface area contributed by atoms with Gasteiger partial charge in [-0.2, -0.15) is 0 Å². The van der Waals surface area contributed by atoms with E-state index < -0.39 is 5.97 Å². The largest absolute Gasteiger partial charge is 0.481 e. The van der Waals surface area contributed by atoms with Crippen molar-refractivity contribution >= 4 is 11.7 Å². The van der Waals surface area contributed by atoms with Crippen LogP contribution in [0.2, 0.25) is 0 Å². The van der Waals surface area contributed by atoms with Crippen LogP contribution in [0.25, 0.3) is 0 Å². The van der Waals surface area contributed by atoms with Gasteiger partial charge < -0.3 is 10.0 Å². The minimum absolute atomic E-state index is 0.117. The fourth-order valence-corrected chi connectivity index (χ4v) is 2.39. The van der Waals surface area contributed by atoms with Crippen LogP contribution in [0.1, 0.15) is 30.4 Å². The minimum atomic E-state index is -0.765. The average molecular weight is 233 g/mol. The molecule has 1 aliphatic heterocycles. The summed E-state index contributed by atoms with van der Waals surface area (Å²) in [5, 5.41) is 8.80. The molecule has 0 radical (unpaired) electrons. The number of aliphatic carboxylic acids is 1. The van der Waals surface area contributed by atoms with Crippen LogP contribution in [0, 0.1) is 6.92 Å². The monoisotopic (exact) mass is 233 g/mol. The lowest BCUT2D eigenvalue weighted by molar-refractivity contribution is -0.136. The zero-order valence-electron chi connectivity index (χ0n) is 10.3. The summed E-state index contributed by atoms with van der Waals surface area (Å²) in [6.07, 6.45) is 3.96. The third kappa shape index (κ3) is 2.99. The topological polar surface area (TPSA) is 40.5 Å². The highest BCUT2D eigenvalue weighted by molar-refractivity contribution is 5.71. The quantitative estimate of drug-likeness (QED) is 0.872. The number of aryl methyl sites for hydroxylation is 1. The van der Waals surface area contributed by atoms with Gasteiger partial charge in [0, 0.05) is 18.8 Å². The Morgan fingerprint density at radius 1 is 1.29 bits per heavy atom. The summed E-state index contributed by atoms with van der Waals surface area (Å²) in [6.45, 7) is 4.24. The SMILES string of the molecule is Cc1cc(N2CCCCC2)ccc1CC(=O)O. The van der Waals surface area contributed by atoms with Gasteiger partial charge in [-0.1, -0.05) is 6.07 Å². The number of nitrogens with zero attached hydrogens (tertiary/aromatic N) is 1. The molecule has 92 valence electrons. The highest BCUT2D eigenvalue weighted by atomic mass is 16.4. The second-order valence-electron chi connectivity index (χ2n) is 4.73. The predicted octanol–water partition coefficient (Wildman–Crippen LogP) is 2.61. The molecular formula is C14H19NO2. The molecule has 0 aliphatic carbocycles. The Balaban J connectivity index is 2.14. The molecule has 0 saturated carbocycles. The zero-order valence-corrected chi connectivity index (χ0v) is 10.3. The lowest BCUT2D eigenvalue weighted by Gasteiger charge is -2.29. The Kier molecular flexibility index (Phi) is 3.67. The molecule has 1 N–H and O–H groups in total. The number of hydrogen-bond acceptors (Lipinski definition) is 2. The number of carboxylic acid groups (broad SMARTS) is 1. The van der Waals surface area contributed by atoms with Crippen LogP contribution in [0.5, 0.6) is 0 Å². The van der Waals surface area contributed by atoms with E-state index in [1.165, 1.54) is 24.9 Å². The average Bonchev–Trinajstić information content (AvgIpc) is 2.32. The Bertz CT molecular complexity index is 409. The predicted molar refractivity (Wildman–Crippen MR) is 68.6 cm³/mol. The van der Waals surface area contributed by atoms with E-state index in [2.05, 4.69) is 17.0 Å². The standard InChI is InChI=1S/C14H19NO2/c1-11-9-13(15-7-3-2-4-8-15)6-5-12(11)10-14(16)17/h5-6,9H,2-4,7-8,10H2,1H3,(H,16,17). The highest BCUT2D eigenvalue weighted by Crippen LogP contribution is 2.23. The van der Waals surface area contributed by atoms with Gasteiger partial charge >= 0.3 is 5.97 Å². The number of rotatable bonds is 3. The molecule has 17 heavy (non-hydrogen) atoms. The lowest BCUT2D eigenvalue weighted by Crippen LogP contribution is -2.29. The van der Waals surface area contributed by atoms with Crippen LogP contribution in [-0.2, 0) is 11.2 Å². The van der Waals surface area contributed by atoms with Crippen molar-refractivity contribution < 1.29 is 9.90 Å². The fourth-order valence-electron chi connectivity index (χ4n) is 2.39. The van der Waals surface area contributed by atoms with Crippen LogP contribution in [-0.4, -0.2) is 24.2 Å². The first-order valence-electron chi connectivity index (χ1n) is 6.23. The number of hydrogen-bond donors (Lipinski definition) is 1. The first kappa shape index (κ1) is 12.0. The van der Waals surface area contributed by atoms with Crippen LogP contribution >= 0.6 is 0 Å². The Labute approximate surface area is 102 Å². The number of carbonyl (C=O) groups is 1. The van der Waals surface area contributed by atoms with Crippen molar-refractivity contribution in [3.63, 3.8) is 0 Å². The molecule has 0 unspecified atom stereocenters. The molecule has 1 heterocycles. The molecule has 1 aromatic carbocycles. The first-order valence-corrected chi connectivity index (χ1v) is 6.23. The van der Waals surface area contributed by atoms with Gasteiger partial charge in [-0.3, -0.25) is 4.79 Å². The van der Waals surface area contributed by atoms with E-state index in [-0.39, 0.29) is 6.42 Å². The second-order valence-corrected chi connectivity index (χ2v) is 4.73. The molecular weight excluding hydrogens is 214 g/mol. The second kappa shape index (κ2) is 5.21. The van der Waals surface area contributed by atoms with Crippen molar-refractivity contribution in [1.29, 1.82) is 0 Å². The zero-order chi connectivity index (χ0) is 12.3. The summed E-state index contributed by atoms with van der Waals surface area (Å²) in [7, 11) is 0. The molecule has 3 nitrogen and oxygen atoms in total. The maximum absolute atomic E-state index is 10.7. The van der Waals surface area contributed by atoms with E-state index in [9.17, 15) is 4.79 Å². The van der Waals surface area contributed by atoms with Gasteiger partial charge in [0.15, 0.2) is 0 Å². The molecule has 0 spiro atoms. The molecule has 1 aromatic rings. The van der Waals surface area contributed by atoms with Gasteiger partial charge in [-0.15, -0.1) is 0 Å². The van der Waals surface area contributed by atoms with Gasteiger partial charge in [0.05, 0.1) is 6.42 Å². The van der Waals surface area contributed by atoms with Gasteiger partial charge in [-0.25, -0.2) is 0 Å². The van der Waals surface area contributed by atoms with Gasteiger partial charge in [0.25, 0.3) is 0 Å². The van der Waals surface area contributed by atoms with E-state index in [1.54, 1.807) is 0 Å². The summed E-state index contributed by atoms with van der Waals surface area (Å²) in [6, 6.07) is 6.12. The number of benzene rings is 1. The van der Waals surface area contributed by atoms with E-state index in [0.29, 0.717) is 0 Å². The van der Waals surface area contributed by atoms with Crippen molar-refractivity contribution in [2.45, 2.75) is 32.6 Å². The van der Waals surface area contributed by atoms with Crippen LogP contribution < -0.4 is 4.90 Å². The van der Waals surface area contributed by atoms with Crippen molar-refractivity contribution in [2.75, 3.05) is 18.0 Å². The van der Waals surface area contributed by atoms with E-state index in [1.807, 2.05) is 13.0 Å². The number of carboxylic acids is 1. The van der Waals surface area contributed by atoms with Crippen molar-refractivity contribution in [3.8, 4) is 0 Å². The summed E-state index contributed by atoms with van der Waals surface area (Å²) in [5.74, 6) is -0.765. The van der Waals surface area contributed by atoms with Crippen LogP contribution in [0.4, 0.5) is 5.69 Å². The number of anilines is 1. The molecule has 0 atom stereocenters. The summed E-state index contributed by atoms with van der Waals surface area (Å²) in [4.78, 5) is 13.1.